The van der Waals surface area contributed by atoms with Crippen LogP contribution in [0.15, 0.2) is 66.9 Å². The Bertz CT molecular complexity index is 1160. The van der Waals surface area contributed by atoms with Gasteiger partial charge in [0.05, 0.1) is 5.02 Å². The van der Waals surface area contributed by atoms with Gasteiger partial charge >= 0.3 is 0 Å². The van der Waals surface area contributed by atoms with Crippen molar-refractivity contribution in [1.29, 1.82) is 0 Å². The van der Waals surface area contributed by atoms with Crippen molar-refractivity contribution < 1.29 is 4.79 Å². The van der Waals surface area contributed by atoms with Crippen LogP contribution >= 0.6 is 11.6 Å². The molecule has 0 aliphatic heterocycles. The number of anilines is 2. The zero-order chi connectivity index (χ0) is 19.0. The molecule has 27 heavy (non-hydrogen) atoms. The fourth-order valence-electron chi connectivity index (χ4n) is 3.32. The predicted molar refractivity (Wildman–Crippen MR) is 112 cm³/mol. The summed E-state index contributed by atoms with van der Waals surface area (Å²) in [4.78, 5) is 16.0. The van der Waals surface area contributed by atoms with Gasteiger partial charge in [0.15, 0.2) is 5.78 Å². The van der Waals surface area contributed by atoms with Crippen molar-refractivity contribution in [3.05, 3.63) is 94.1 Å². The van der Waals surface area contributed by atoms with E-state index in [4.69, 9.17) is 11.6 Å². The van der Waals surface area contributed by atoms with Gasteiger partial charge in [0.2, 0.25) is 0 Å². The Morgan fingerprint density at radius 2 is 1.78 bits per heavy atom. The summed E-state index contributed by atoms with van der Waals surface area (Å²) < 4.78 is 0. The van der Waals surface area contributed by atoms with E-state index >= 15 is 0 Å². The maximum absolute atomic E-state index is 12.8. The van der Waals surface area contributed by atoms with E-state index in [1.807, 2.05) is 55.6 Å². The molecule has 0 saturated carbocycles. The molecule has 134 valence electrons. The summed E-state index contributed by atoms with van der Waals surface area (Å²) in [6, 6.07) is 19.2. The molecule has 0 aliphatic rings. The largest absolute Gasteiger partial charge is 0.361 e. The lowest BCUT2D eigenvalue weighted by atomic mass is 9.99. The first-order chi connectivity index (χ1) is 13.0. The van der Waals surface area contributed by atoms with Gasteiger partial charge in [-0.25, -0.2) is 0 Å². The zero-order valence-corrected chi connectivity index (χ0v) is 15.9. The molecule has 4 rings (SSSR count). The number of hydrogen-bond acceptors (Lipinski definition) is 2. The Hall–Kier alpha value is -3.04. The van der Waals surface area contributed by atoms with Crippen LogP contribution in [0.5, 0.6) is 0 Å². The number of carbonyl (C=O) groups is 1. The van der Waals surface area contributed by atoms with Crippen molar-refractivity contribution in [1.82, 2.24) is 4.98 Å². The molecule has 0 radical (unpaired) electrons. The maximum atomic E-state index is 12.8. The molecule has 0 bridgehead atoms. The van der Waals surface area contributed by atoms with Crippen molar-refractivity contribution in [2.45, 2.75) is 13.8 Å². The van der Waals surface area contributed by atoms with E-state index in [0.29, 0.717) is 16.1 Å². The number of fused-ring (bicyclic) bond motifs is 1. The van der Waals surface area contributed by atoms with Crippen molar-refractivity contribution in [2.24, 2.45) is 0 Å². The summed E-state index contributed by atoms with van der Waals surface area (Å²) in [5, 5.41) is 5.02. The fourth-order valence-corrected chi connectivity index (χ4v) is 3.59. The molecule has 1 heterocycles. The molecule has 4 aromatic rings. The summed E-state index contributed by atoms with van der Waals surface area (Å²) in [6.45, 7) is 4.01. The van der Waals surface area contributed by atoms with Gasteiger partial charge in [-0.05, 0) is 61.4 Å². The molecule has 0 saturated heterocycles. The molecule has 0 atom stereocenters. The number of aromatic amines is 1. The Morgan fingerprint density at radius 1 is 0.963 bits per heavy atom. The van der Waals surface area contributed by atoms with Crippen LogP contribution in [0.4, 0.5) is 11.4 Å². The summed E-state index contributed by atoms with van der Waals surface area (Å²) in [7, 11) is 0. The van der Waals surface area contributed by atoms with Crippen LogP contribution in [0.3, 0.4) is 0 Å². The van der Waals surface area contributed by atoms with Gasteiger partial charge in [-0.1, -0.05) is 35.9 Å². The number of rotatable bonds is 4. The second-order valence-corrected chi connectivity index (χ2v) is 7.05. The van der Waals surface area contributed by atoms with Gasteiger partial charge in [-0.15, -0.1) is 0 Å². The van der Waals surface area contributed by atoms with Crippen LogP contribution in [0, 0.1) is 13.8 Å². The predicted octanol–water partition coefficient (Wildman–Crippen LogP) is 6.41. The number of halogens is 1. The first-order valence-corrected chi connectivity index (χ1v) is 9.16. The van der Waals surface area contributed by atoms with Crippen molar-refractivity contribution in [3.8, 4) is 0 Å². The van der Waals surface area contributed by atoms with Crippen LogP contribution in [0.1, 0.15) is 27.0 Å². The van der Waals surface area contributed by atoms with Gasteiger partial charge in [0.25, 0.3) is 0 Å². The minimum atomic E-state index is -0.0606. The molecule has 3 nitrogen and oxygen atoms in total. The van der Waals surface area contributed by atoms with E-state index < -0.39 is 0 Å². The summed E-state index contributed by atoms with van der Waals surface area (Å²) in [6.07, 6.45) is 1.93. The zero-order valence-electron chi connectivity index (χ0n) is 15.1. The van der Waals surface area contributed by atoms with Crippen LogP contribution in [-0.4, -0.2) is 10.8 Å². The maximum Gasteiger partial charge on any atom is 0.194 e. The fraction of sp³-hybridized carbons (Fsp3) is 0.0870. The summed E-state index contributed by atoms with van der Waals surface area (Å²) >= 11 is 6.44. The number of aromatic nitrogens is 1. The normalized spacial score (nSPS) is 10.9. The molecule has 0 aliphatic carbocycles. The van der Waals surface area contributed by atoms with E-state index in [1.54, 1.807) is 12.1 Å². The minimum Gasteiger partial charge on any atom is -0.361 e. The van der Waals surface area contributed by atoms with E-state index in [1.165, 1.54) is 5.39 Å². The highest BCUT2D eigenvalue weighted by Gasteiger charge is 2.15. The standard InChI is InChI=1S/C23H19ClN2O/c1-14-5-3-4-6-17(14)23(27)19-8-7-16(13-20(19)24)26-21-9-10-22-18(15(21)2)11-12-25-22/h3-13,25-26H,1-2H3. The second-order valence-electron chi connectivity index (χ2n) is 6.64. The topological polar surface area (TPSA) is 44.9 Å². The van der Waals surface area contributed by atoms with Crippen molar-refractivity contribution in [2.75, 3.05) is 5.32 Å². The quantitative estimate of drug-likeness (QED) is 0.405. The Balaban J connectivity index is 1.64. The Kier molecular flexibility index (Phi) is 4.46. The highest BCUT2D eigenvalue weighted by molar-refractivity contribution is 6.35. The molecular formula is C23H19ClN2O. The molecule has 0 spiro atoms. The number of hydrogen-bond donors (Lipinski definition) is 2. The number of nitrogens with one attached hydrogen (secondary N) is 2. The summed E-state index contributed by atoms with van der Waals surface area (Å²) in [5.41, 5.74) is 6.25. The van der Waals surface area contributed by atoms with Crippen LogP contribution in [-0.2, 0) is 0 Å². The van der Waals surface area contributed by atoms with Crippen LogP contribution in [0.2, 0.25) is 5.02 Å². The van der Waals surface area contributed by atoms with Gasteiger partial charge in [0.1, 0.15) is 0 Å². The third-order valence-corrected chi connectivity index (χ3v) is 5.20. The third-order valence-electron chi connectivity index (χ3n) is 4.89. The van der Waals surface area contributed by atoms with Crippen LogP contribution < -0.4 is 5.32 Å². The molecule has 1 aromatic heterocycles. The van der Waals surface area contributed by atoms with E-state index in [0.717, 1.165) is 28.0 Å². The summed E-state index contributed by atoms with van der Waals surface area (Å²) in [5.74, 6) is -0.0606. The van der Waals surface area contributed by atoms with Gasteiger partial charge in [0, 0.05) is 39.6 Å². The lowest BCUT2D eigenvalue weighted by Crippen LogP contribution is -2.05. The highest BCUT2D eigenvalue weighted by Crippen LogP contribution is 2.30. The van der Waals surface area contributed by atoms with Gasteiger partial charge < -0.3 is 10.3 Å². The lowest BCUT2D eigenvalue weighted by Gasteiger charge is -2.12. The van der Waals surface area contributed by atoms with Crippen LogP contribution in [0.25, 0.3) is 10.9 Å². The molecule has 4 heteroatoms. The smallest absolute Gasteiger partial charge is 0.194 e. The van der Waals surface area contributed by atoms with Crippen molar-refractivity contribution in [3.63, 3.8) is 0 Å². The minimum absolute atomic E-state index is 0.0606. The SMILES string of the molecule is Cc1ccccc1C(=O)c1ccc(Nc2ccc3[nH]ccc3c2C)cc1Cl. The first-order valence-electron chi connectivity index (χ1n) is 8.78. The number of carbonyl (C=O) groups excluding carboxylic acids is 1. The Morgan fingerprint density at radius 3 is 2.56 bits per heavy atom. The molecular weight excluding hydrogens is 356 g/mol. The monoisotopic (exact) mass is 374 g/mol. The Labute approximate surface area is 163 Å². The first kappa shape index (κ1) is 17.4. The second kappa shape index (κ2) is 6.93. The van der Waals surface area contributed by atoms with Gasteiger partial charge in [-0.3, -0.25) is 4.79 Å². The molecule has 0 amide bonds. The average Bonchev–Trinajstić information content (AvgIpc) is 3.14. The molecule has 0 fully saturated rings. The number of benzene rings is 3. The molecule has 3 aromatic carbocycles. The van der Waals surface area contributed by atoms with Gasteiger partial charge in [-0.2, -0.15) is 0 Å². The third kappa shape index (κ3) is 3.22. The molecule has 2 N–H and O–H groups in total. The van der Waals surface area contributed by atoms with E-state index in [-0.39, 0.29) is 5.78 Å². The van der Waals surface area contributed by atoms with E-state index in [2.05, 4.69) is 23.3 Å². The number of ketones is 1. The number of aryl methyl sites for hydroxylation is 2. The van der Waals surface area contributed by atoms with E-state index in [9.17, 15) is 4.79 Å². The average molecular weight is 375 g/mol. The number of H-pyrrole nitrogens is 1. The lowest BCUT2D eigenvalue weighted by molar-refractivity contribution is 0.103. The van der Waals surface area contributed by atoms with Crippen molar-refractivity contribution >= 4 is 39.7 Å². The highest BCUT2D eigenvalue weighted by atomic mass is 35.5. The molecule has 0 unspecified atom stereocenters.